The number of hydrogen-bond acceptors (Lipinski definition) is 3. The molecule has 2 aliphatic rings. The van der Waals surface area contributed by atoms with E-state index in [9.17, 15) is 9.90 Å². The predicted molar refractivity (Wildman–Crippen MR) is 78.5 cm³/mol. The second-order valence-corrected chi connectivity index (χ2v) is 6.01. The van der Waals surface area contributed by atoms with E-state index in [2.05, 4.69) is 11.4 Å². The van der Waals surface area contributed by atoms with Gasteiger partial charge in [0.1, 0.15) is 6.04 Å². The van der Waals surface area contributed by atoms with Crippen LogP contribution in [0.3, 0.4) is 0 Å². The van der Waals surface area contributed by atoms with Gasteiger partial charge in [-0.25, -0.2) is 0 Å². The quantitative estimate of drug-likeness (QED) is 0.818. The van der Waals surface area contributed by atoms with Crippen molar-refractivity contribution in [3.63, 3.8) is 0 Å². The molecule has 0 aliphatic carbocycles. The van der Waals surface area contributed by atoms with Crippen molar-refractivity contribution in [2.75, 3.05) is 18.4 Å². The van der Waals surface area contributed by atoms with Gasteiger partial charge in [-0.2, -0.15) is 0 Å². The van der Waals surface area contributed by atoms with Crippen molar-refractivity contribution in [2.45, 2.75) is 38.3 Å². The summed E-state index contributed by atoms with van der Waals surface area (Å²) in [4.78, 5) is 14.5. The van der Waals surface area contributed by atoms with E-state index in [1.807, 2.05) is 30.0 Å². The minimum atomic E-state index is -0.265. The number of anilines is 1. The van der Waals surface area contributed by atoms with Crippen LogP contribution in [0.4, 0.5) is 5.69 Å². The molecule has 4 nitrogen and oxygen atoms in total. The number of nitrogens with one attached hydrogen (secondary N) is 1. The minimum Gasteiger partial charge on any atom is -0.393 e. The van der Waals surface area contributed by atoms with E-state index in [-0.39, 0.29) is 24.0 Å². The summed E-state index contributed by atoms with van der Waals surface area (Å²) < 4.78 is 0. The van der Waals surface area contributed by atoms with Gasteiger partial charge in [0.25, 0.3) is 0 Å². The van der Waals surface area contributed by atoms with Gasteiger partial charge >= 0.3 is 0 Å². The number of aliphatic hydroxyl groups is 1. The summed E-state index contributed by atoms with van der Waals surface area (Å²) in [5.74, 6) is 0.349. The highest BCUT2D eigenvalue weighted by Gasteiger charge is 2.32. The fourth-order valence-electron chi connectivity index (χ4n) is 3.18. The molecule has 3 atom stereocenters. The smallest absolute Gasteiger partial charge is 0.245 e. The standard InChI is InChI=1S/C16H22N2O2/c1-11-10-18(9-8-15(11)19)16(20)14-7-6-12-4-2-3-5-13(12)17-14/h2-5,11,14-15,17,19H,6-10H2,1H3. The molecule has 1 amide bonds. The Balaban J connectivity index is 1.67. The van der Waals surface area contributed by atoms with E-state index in [4.69, 9.17) is 0 Å². The van der Waals surface area contributed by atoms with Gasteiger partial charge in [-0.15, -0.1) is 0 Å². The first-order valence-electron chi connectivity index (χ1n) is 7.46. The molecule has 1 aromatic carbocycles. The molecule has 0 aromatic heterocycles. The summed E-state index contributed by atoms with van der Waals surface area (Å²) in [6.45, 7) is 3.34. The number of nitrogens with zero attached hydrogens (tertiary/aromatic N) is 1. The molecule has 0 radical (unpaired) electrons. The van der Waals surface area contributed by atoms with Crippen molar-refractivity contribution in [1.29, 1.82) is 0 Å². The van der Waals surface area contributed by atoms with Crippen LogP contribution in [0.1, 0.15) is 25.3 Å². The second-order valence-electron chi connectivity index (χ2n) is 6.01. The lowest BCUT2D eigenvalue weighted by molar-refractivity contribution is -0.135. The lowest BCUT2D eigenvalue weighted by atomic mass is 9.94. The number of benzene rings is 1. The lowest BCUT2D eigenvalue weighted by Gasteiger charge is -2.37. The topological polar surface area (TPSA) is 52.6 Å². The zero-order valence-electron chi connectivity index (χ0n) is 11.9. The number of likely N-dealkylation sites (tertiary alicyclic amines) is 1. The van der Waals surface area contributed by atoms with E-state index < -0.39 is 0 Å². The summed E-state index contributed by atoms with van der Waals surface area (Å²) in [6.07, 6.45) is 2.23. The van der Waals surface area contributed by atoms with Crippen LogP contribution >= 0.6 is 0 Å². The van der Waals surface area contributed by atoms with E-state index in [1.165, 1.54) is 5.56 Å². The maximum absolute atomic E-state index is 12.6. The second kappa shape index (κ2) is 5.44. The Morgan fingerprint density at radius 3 is 2.95 bits per heavy atom. The number of carbonyl (C=O) groups is 1. The van der Waals surface area contributed by atoms with Crippen molar-refractivity contribution >= 4 is 11.6 Å². The molecular formula is C16H22N2O2. The van der Waals surface area contributed by atoms with Crippen LogP contribution in [0.2, 0.25) is 0 Å². The monoisotopic (exact) mass is 274 g/mol. The van der Waals surface area contributed by atoms with Gasteiger partial charge in [-0.1, -0.05) is 25.1 Å². The number of rotatable bonds is 1. The Bertz CT molecular complexity index is 503. The fraction of sp³-hybridized carbons (Fsp3) is 0.562. The van der Waals surface area contributed by atoms with Gasteiger partial charge in [-0.05, 0) is 36.8 Å². The number of carbonyl (C=O) groups excluding carboxylic acids is 1. The van der Waals surface area contributed by atoms with Crippen LogP contribution in [0.5, 0.6) is 0 Å². The molecule has 2 heterocycles. The number of piperidine rings is 1. The predicted octanol–water partition coefficient (Wildman–Crippen LogP) is 1.64. The van der Waals surface area contributed by atoms with Gasteiger partial charge in [0.2, 0.25) is 5.91 Å². The fourth-order valence-corrected chi connectivity index (χ4v) is 3.18. The third kappa shape index (κ3) is 2.52. The number of aryl methyl sites for hydroxylation is 1. The number of amides is 1. The molecule has 20 heavy (non-hydrogen) atoms. The molecular weight excluding hydrogens is 252 g/mol. The van der Waals surface area contributed by atoms with Crippen molar-refractivity contribution in [2.24, 2.45) is 5.92 Å². The third-order valence-corrected chi connectivity index (χ3v) is 4.52. The molecule has 4 heteroatoms. The summed E-state index contributed by atoms with van der Waals surface area (Å²) in [5.41, 5.74) is 2.38. The van der Waals surface area contributed by atoms with E-state index in [1.54, 1.807) is 0 Å². The molecule has 2 aliphatic heterocycles. The summed E-state index contributed by atoms with van der Waals surface area (Å²) >= 11 is 0. The summed E-state index contributed by atoms with van der Waals surface area (Å²) in [5, 5.41) is 13.1. The number of fused-ring (bicyclic) bond motifs is 1. The van der Waals surface area contributed by atoms with Crippen LogP contribution in [-0.4, -0.2) is 41.1 Å². The van der Waals surface area contributed by atoms with E-state index in [0.29, 0.717) is 19.5 Å². The molecule has 108 valence electrons. The van der Waals surface area contributed by atoms with Crippen molar-refractivity contribution < 1.29 is 9.90 Å². The Morgan fingerprint density at radius 2 is 2.15 bits per heavy atom. The molecule has 2 N–H and O–H groups in total. The average molecular weight is 274 g/mol. The Kier molecular flexibility index (Phi) is 3.66. The molecule has 1 saturated heterocycles. The zero-order chi connectivity index (χ0) is 14.1. The van der Waals surface area contributed by atoms with Crippen LogP contribution in [0, 0.1) is 5.92 Å². The van der Waals surface area contributed by atoms with Crippen LogP contribution in [0.15, 0.2) is 24.3 Å². The molecule has 1 aromatic rings. The first-order valence-corrected chi connectivity index (χ1v) is 7.46. The van der Waals surface area contributed by atoms with Crippen LogP contribution in [0.25, 0.3) is 0 Å². The van der Waals surface area contributed by atoms with Gasteiger partial charge in [0, 0.05) is 18.8 Å². The largest absolute Gasteiger partial charge is 0.393 e. The highest BCUT2D eigenvalue weighted by Crippen LogP contribution is 2.26. The molecule has 3 rings (SSSR count). The molecule has 0 bridgehead atoms. The number of aliphatic hydroxyl groups excluding tert-OH is 1. The Hall–Kier alpha value is -1.55. The van der Waals surface area contributed by atoms with Gasteiger partial charge in [0.05, 0.1) is 6.10 Å². The van der Waals surface area contributed by atoms with Crippen molar-refractivity contribution in [1.82, 2.24) is 4.90 Å². The molecule has 0 saturated carbocycles. The summed E-state index contributed by atoms with van der Waals surface area (Å²) in [7, 11) is 0. The highest BCUT2D eigenvalue weighted by molar-refractivity contribution is 5.85. The molecule has 3 unspecified atom stereocenters. The molecule has 1 fully saturated rings. The normalized spacial score (nSPS) is 29.5. The van der Waals surface area contributed by atoms with Gasteiger partial charge in [-0.3, -0.25) is 4.79 Å². The average Bonchev–Trinajstić information content (AvgIpc) is 2.49. The van der Waals surface area contributed by atoms with Crippen LogP contribution < -0.4 is 5.32 Å². The van der Waals surface area contributed by atoms with Crippen LogP contribution in [-0.2, 0) is 11.2 Å². The van der Waals surface area contributed by atoms with E-state index >= 15 is 0 Å². The number of para-hydroxylation sites is 1. The zero-order valence-corrected chi connectivity index (χ0v) is 11.9. The van der Waals surface area contributed by atoms with Gasteiger partial charge in [0.15, 0.2) is 0 Å². The molecule has 0 spiro atoms. The maximum atomic E-state index is 12.6. The Morgan fingerprint density at radius 1 is 1.35 bits per heavy atom. The third-order valence-electron chi connectivity index (χ3n) is 4.52. The number of hydrogen-bond donors (Lipinski definition) is 2. The SMILES string of the molecule is CC1CN(C(=O)C2CCc3ccccc3N2)CCC1O. The first-order chi connectivity index (χ1) is 9.65. The highest BCUT2D eigenvalue weighted by atomic mass is 16.3. The Labute approximate surface area is 119 Å². The van der Waals surface area contributed by atoms with Crippen molar-refractivity contribution in [3.05, 3.63) is 29.8 Å². The van der Waals surface area contributed by atoms with Gasteiger partial charge < -0.3 is 15.3 Å². The first kappa shape index (κ1) is 13.4. The van der Waals surface area contributed by atoms with E-state index in [0.717, 1.165) is 18.5 Å². The van der Waals surface area contributed by atoms with Crippen molar-refractivity contribution in [3.8, 4) is 0 Å². The summed E-state index contributed by atoms with van der Waals surface area (Å²) in [6, 6.07) is 8.07. The maximum Gasteiger partial charge on any atom is 0.245 e. The lowest BCUT2D eigenvalue weighted by Crippen LogP contribution is -2.51. The minimum absolute atomic E-state index is 0.118.